The van der Waals surface area contributed by atoms with Crippen molar-refractivity contribution in [2.24, 2.45) is 40.4 Å². The van der Waals surface area contributed by atoms with Crippen LogP contribution in [0.5, 0.6) is 0 Å². The van der Waals surface area contributed by atoms with E-state index in [1.54, 1.807) is 10.5 Å². The lowest BCUT2D eigenvalue weighted by Gasteiger charge is -2.58. The smallest absolute Gasteiger partial charge is 0.222 e. The number of aliphatic hydroxyl groups excluding tert-OH is 1. The second-order valence-corrected chi connectivity index (χ2v) is 15.2. The molecule has 5 rings (SSSR count). The van der Waals surface area contributed by atoms with E-state index in [1.165, 1.54) is 32.1 Å². The lowest BCUT2D eigenvalue weighted by Crippen LogP contribution is -2.50. The average Bonchev–Trinajstić information content (AvgIpc) is 3.15. The number of carbonyl (C=O) groups is 1. The summed E-state index contributed by atoms with van der Waals surface area (Å²) in [6.45, 7) is 8.16. The maximum Gasteiger partial charge on any atom is 0.222 e. The molecule has 5 aliphatic rings. The van der Waals surface area contributed by atoms with Gasteiger partial charge in [0.15, 0.2) is 9.84 Å². The number of nitrogens with zero attached hydrogens (tertiary/aromatic N) is 1. The number of amides is 1. The highest BCUT2D eigenvalue weighted by Gasteiger charge is 2.59. The van der Waals surface area contributed by atoms with Crippen LogP contribution in [0.3, 0.4) is 0 Å². The minimum atomic E-state index is -2.95. The van der Waals surface area contributed by atoms with Crippen molar-refractivity contribution in [2.45, 2.75) is 91.1 Å². The summed E-state index contributed by atoms with van der Waals surface area (Å²) in [5.41, 5.74) is 2.21. The van der Waals surface area contributed by atoms with E-state index >= 15 is 0 Å². The second-order valence-electron chi connectivity index (χ2n) is 12.9. The van der Waals surface area contributed by atoms with Crippen molar-refractivity contribution in [1.82, 2.24) is 4.90 Å². The van der Waals surface area contributed by atoms with Crippen LogP contribution in [0, 0.1) is 40.4 Å². The van der Waals surface area contributed by atoms with Crippen LogP contribution in [0.2, 0.25) is 0 Å². The maximum atomic E-state index is 12.8. The zero-order valence-electron chi connectivity index (χ0n) is 21.5. The van der Waals surface area contributed by atoms with Crippen molar-refractivity contribution in [2.75, 3.05) is 24.6 Å². The van der Waals surface area contributed by atoms with Gasteiger partial charge in [0.05, 0.1) is 17.6 Å². The van der Waals surface area contributed by atoms with Gasteiger partial charge in [0, 0.05) is 19.5 Å². The molecule has 34 heavy (non-hydrogen) atoms. The van der Waals surface area contributed by atoms with E-state index in [0.717, 1.165) is 43.4 Å². The average molecular weight is 492 g/mol. The molecule has 1 heterocycles. The molecule has 4 fully saturated rings. The Labute approximate surface area is 206 Å². The molecule has 1 saturated heterocycles. The predicted octanol–water partition coefficient (Wildman–Crippen LogP) is 4.60. The fourth-order valence-corrected chi connectivity index (χ4v) is 10.5. The Hall–Kier alpha value is -0.880. The molecular formula is C28H45NO4S. The number of fused-ring (bicyclic) bond motifs is 5. The van der Waals surface area contributed by atoms with Gasteiger partial charge >= 0.3 is 0 Å². The molecule has 1 aliphatic heterocycles. The van der Waals surface area contributed by atoms with Gasteiger partial charge in [-0.15, -0.1) is 0 Å². The molecule has 1 N–H and O–H groups in total. The van der Waals surface area contributed by atoms with E-state index in [0.29, 0.717) is 42.2 Å². The van der Waals surface area contributed by atoms with Gasteiger partial charge in [0.25, 0.3) is 0 Å². The minimum Gasteiger partial charge on any atom is -0.393 e. The van der Waals surface area contributed by atoms with Gasteiger partial charge in [-0.2, -0.15) is 0 Å². The van der Waals surface area contributed by atoms with Gasteiger partial charge < -0.3 is 10.0 Å². The minimum absolute atomic E-state index is 0.118. The van der Waals surface area contributed by atoms with Crippen LogP contribution in [0.25, 0.3) is 0 Å². The van der Waals surface area contributed by atoms with Crippen LogP contribution in [-0.4, -0.2) is 55.0 Å². The normalized spacial score (nSPS) is 44.4. The molecule has 0 aromatic heterocycles. The van der Waals surface area contributed by atoms with E-state index in [9.17, 15) is 18.3 Å². The third-order valence-electron chi connectivity index (χ3n) is 11.3. The van der Waals surface area contributed by atoms with Gasteiger partial charge in [-0.1, -0.05) is 32.4 Å². The van der Waals surface area contributed by atoms with Gasteiger partial charge in [0.1, 0.15) is 0 Å². The molecule has 0 aromatic carbocycles. The topological polar surface area (TPSA) is 74.7 Å². The van der Waals surface area contributed by atoms with Gasteiger partial charge in [-0.25, -0.2) is 8.42 Å². The van der Waals surface area contributed by atoms with Crippen LogP contribution in [0.4, 0.5) is 0 Å². The quantitative estimate of drug-likeness (QED) is 0.583. The Bertz CT molecular complexity index is 930. The fraction of sp³-hybridized carbons (Fsp3) is 0.893. The number of rotatable bonds is 4. The van der Waals surface area contributed by atoms with E-state index in [-0.39, 0.29) is 23.5 Å². The van der Waals surface area contributed by atoms with Crippen molar-refractivity contribution in [3.63, 3.8) is 0 Å². The zero-order chi connectivity index (χ0) is 24.3. The Morgan fingerprint density at radius 2 is 1.85 bits per heavy atom. The number of allylic oxidation sites excluding steroid dienone is 1. The summed E-state index contributed by atoms with van der Waals surface area (Å²) >= 11 is 0. The summed E-state index contributed by atoms with van der Waals surface area (Å²) < 4.78 is 23.4. The number of aliphatic hydroxyl groups is 1. The van der Waals surface area contributed by atoms with Crippen molar-refractivity contribution >= 4 is 15.7 Å². The molecule has 192 valence electrons. The summed E-state index contributed by atoms with van der Waals surface area (Å²) in [5.74, 6) is 3.91. The fourth-order valence-electron chi connectivity index (χ4n) is 9.29. The molecule has 4 aliphatic carbocycles. The third-order valence-corrected chi connectivity index (χ3v) is 13.0. The first-order chi connectivity index (χ1) is 16.0. The zero-order valence-corrected chi connectivity index (χ0v) is 22.3. The Balaban J connectivity index is 1.22. The van der Waals surface area contributed by atoms with Crippen LogP contribution in [0.15, 0.2) is 11.6 Å². The van der Waals surface area contributed by atoms with Crippen molar-refractivity contribution < 1.29 is 18.3 Å². The molecule has 0 radical (unpaired) electrons. The molecule has 3 saturated carbocycles. The van der Waals surface area contributed by atoms with Crippen molar-refractivity contribution in [3.05, 3.63) is 11.6 Å². The summed E-state index contributed by atoms with van der Waals surface area (Å²) in [6, 6.07) is 0. The predicted molar refractivity (Wildman–Crippen MR) is 135 cm³/mol. The van der Waals surface area contributed by atoms with Crippen LogP contribution < -0.4 is 0 Å². The lowest BCUT2D eigenvalue weighted by atomic mass is 9.47. The van der Waals surface area contributed by atoms with Crippen LogP contribution in [0.1, 0.15) is 85.0 Å². The first-order valence-electron chi connectivity index (χ1n) is 13.9. The number of hydrogen-bond acceptors (Lipinski definition) is 4. The van der Waals surface area contributed by atoms with Gasteiger partial charge in [-0.05, 0) is 98.2 Å². The molecule has 1 unspecified atom stereocenters. The number of carbonyl (C=O) groups excluding carboxylic acids is 1. The molecule has 8 atom stereocenters. The summed E-state index contributed by atoms with van der Waals surface area (Å²) in [6.07, 6.45) is 13.3. The Kier molecular flexibility index (Phi) is 6.49. The van der Waals surface area contributed by atoms with E-state index in [2.05, 4.69) is 26.8 Å². The van der Waals surface area contributed by atoms with E-state index < -0.39 is 9.84 Å². The molecular weight excluding hydrogens is 446 g/mol. The number of hydrogen-bond donors (Lipinski definition) is 1. The summed E-state index contributed by atoms with van der Waals surface area (Å²) in [4.78, 5) is 14.5. The monoisotopic (exact) mass is 491 g/mol. The van der Waals surface area contributed by atoms with Crippen LogP contribution in [-0.2, 0) is 14.6 Å². The van der Waals surface area contributed by atoms with E-state index in [4.69, 9.17) is 0 Å². The summed E-state index contributed by atoms with van der Waals surface area (Å²) in [7, 11) is -2.95. The first-order valence-corrected chi connectivity index (χ1v) is 15.7. The third kappa shape index (κ3) is 4.19. The molecule has 5 nitrogen and oxygen atoms in total. The summed E-state index contributed by atoms with van der Waals surface area (Å²) in [5, 5.41) is 10.2. The molecule has 0 spiro atoms. The molecule has 1 amide bonds. The van der Waals surface area contributed by atoms with E-state index in [1.807, 2.05) is 0 Å². The lowest BCUT2D eigenvalue weighted by molar-refractivity contribution is -0.131. The highest BCUT2D eigenvalue weighted by atomic mass is 32.2. The standard InChI is InChI=1S/C28H45NO4S/c1-19(4-9-26(31)29-14-16-34(32,33)17-15-29)23-7-8-24-22-6-5-20-18-21(30)10-12-27(20,2)25(22)11-13-28(23,24)3/h5,19,21-25,30H,4,6-18H2,1-3H3/t19?,21-,22-,23+,24-,25-,27-,28+/m0/s1. The second kappa shape index (κ2) is 8.90. The molecule has 0 aromatic rings. The number of sulfone groups is 1. The largest absolute Gasteiger partial charge is 0.393 e. The maximum absolute atomic E-state index is 12.8. The van der Waals surface area contributed by atoms with Crippen molar-refractivity contribution in [1.29, 1.82) is 0 Å². The molecule has 6 heteroatoms. The Morgan fingerprint density at radius 3 is 2.59 bits per heavy atom. The van der Waals surface area contributed by atoms with Gasteiger partial charge in [-0.3, -0.25) is 4.79 Å². The van der Waals surface area contributed by atoms with Gasteiger partial charge in [0.2, 0.25) is 5.91 Å². The van der Waals surface area contributed by atoms with Crippen molar-refractivity contribution in [3.8, 4) is 0 Å². The molecule has 0 bridgehead atoms. The highest BCUT2D eigenvalue weighted by Crippen LogP contribution is 2.67. The first kappa shape index (κ1) is 24.8. The highest BCUT2D eigenvalue weighted by molar-refractivity contribution is 7.91. The Morgan fingerprint density at radius 1 is 1.12 bits per heavy atom. The van der Waals surface area contributed by atoms with Crippen LogP contribution >= 0.6 is 0 Å². The SMILES string of the molecule is CC(CCC(=O)N1CCS(=O)(=O)CC1)[C@H]1CC[C@H]2[C@@H]3CC=C4C[C@@H](O)CC[C@]4(C)[C@H]3CC[C@]12C.